The lowest BCUT2D eigenvalue weighted by Gasteiger charge is -2.53. The molecule has 9 aliphatic carbocycles. The third-order valence-electron chi connectivity index (χ3n) is 21.4. The van der Waals surface area contributed by atoms with Gasteiger partial charge >= 0.3 is 0 Å². The quantitative estimate of drug-likeness (QED) is 0.277. The van der Waals surface area contributed by atoms with Crippen molar-refractivity contribution in [2.24, 2.45) is 71.0 Å². The highest BCUT2D eigenvalue weighted by molar-refractivity contribution is 8.00. The molecule has 0 bridgehead atoms. The molecule has 16 atom stereocenters. The van der Waals surface area contributed by atoms with Crippen molar-refractivity contribution in [3.05, 3.63) is 0 Å². The largest absolute Gasteiger partial charge is 0.374 e. The second kappa shape index (κ2) is 16.2. The van der Waals surface area contributed by atoms with Gasteiger partial charge < -0.3 is 9.47 Å². The lowest BCUT2D eigenvalue weighted by molar-refractivity contribution is -0.0818. The van der Waals surface area contributed by atoms with Gasteiger partial charge in [-0.1, -0.05) is 70.6 Å². The Morgan fingerprint density at radius 3 is 1.70 bits per heavy atom. The van der Waals surface area contributed by atoms with E-state index in [1.807, 2.05) is 0 Å². The van der Waals surface area contributed by atoms with E-state index in [0.717, 1.165) is 99.6 Å². The van der Waals surface area contributed by atoms with Crippen LogP contribution in [0.1, 0.15) is 199 Å². The Bertz CT molecular complexity index is 1330. The molecule has 3 nitrogen and oxygen atoms in total. The van der Waals surface area contributed by atoms with Crippen molar-refractivity contribution >= 4 is 11.8 Å². The summed E-state index contributed by atoms with van der Waals surface area (Å²) in [6.45, 7) is 0. The first kappa shape index (κ1) is 37.9. The molecule has 314 valence electrons. The molecule has 56 heavy (non-hydrogen) atoms. The molecule has 12 fully saturated rings. The van der Waals surface area contributed by atoms with Crippen LogP contribution in [0.25, 0.3) is 0 Å². The van der Waals surface area contributed by atoms with Crippen molar-refractivity contribution in [2.75, 3.05) is 0 Å². The van der Waals surface area contributed by atoms with E-state index in [2.05, 4.69) is 16.7 Å². The van der Waals surface area contributed by atoms with Crippen LogP contribution in [0.3, 0.4) is 0 Å². The zero-order valence-electron chi connectivity index (χ0n) is 35.7. The molecule has 4 heteroatoms. The minimum Gasteiger partial charge on any atom is -0.374 e. The summed E-state index contributed by atoms with van der Waals surface area (Å²) in [6.07, 6.45) is 48.9. The predicted octanol–water partition coefficient (Wildman–Crippen LogP) is 13.0. The third-order valence-corrected chi connectivity index (χ3v) is 23.2. The fourth-order valence-electron chi connectivity index (χ4n) is 19.2. The SMILES string of the molecule is C1CCC(C2CCC(N(C3CCC(C4CCCC5C6CCC7SC8CCCCC8C7C6OC45)CC3)C3CCCC4OC5C6CCCCC6CCC5C43)CC2)CC1. The average Bonchev–Trinajstić information content (AvgIpc) is 3.96. The van der Waals surface area contributed by atoms with Gasteiger partial charge in [-0.15, -0.1) is 0 Å². The molecule has 12 aliphatic rings. The van der Waals surface area contributed by atoms with Gasteiger partial charge in [0.1, 0.15) is 0 Å². The summed E-state index contributed by atoms with van der Waals surface area (Å²) in [6, 6.07) is 2.50. The molecule has 0 aromatic heterocycles. The third kappa shape index (κ3) is 6.63. The van der Waals surface area contributed by atoms with Crippen LogP contribution in [0.5, 0.6) is 0 Å². The van der Waals surface area contributed by atoms with Gasteiger partial charge in [-0.3, -0.25) is 4.90 Å². The summed E-state index contributed by atoms with van der Waals surface area (Å²) in [7, 11) is 0. The Kier molecular flexibility index (Phi) is 11.0. The van der Waals surface area contributed by atoms with E-state index in [-0.39, 0.29) is 0 Å². The van der Waals surface area contributed by atoms with Gasteiger partial charge in [0.05, 0.1) is 24.4 Å². The molecule has 0 N–H and O–H groups in total. The van der Waals surface area contributed by atoms with E-state index in [4.69, 9.17) is 9.47 Å². The van der Waals surface area contributed by atoms with E-state index < -0.39 is 0 Å². The summed E-state index contributed by atoms with van der Waals surface area (Å²) >= 11 is 2.45. The molecule has 0 radical (unpaired) electrons. The number of thioether (sulfide) groups is 1. The predicted molar refractivity (Wildman–Crippen MR) is 231 cm³/mol. The molecule has 3 saturated heterocycles. The second-order valence-electron chi connectivity index (χ2n) is 23.5. The molecule has 9 saturated carbocycles. The smallest absolute Gasteiger partial charge is 0.0652 e. The number of fused-ring (bicyclic) bond motifs is 12. The van der Waals surface area contributed by atoms with E-state index in [9.17, 15) is 0 Å². The molecular formula is C52H83NO2S. The fourth-order valence-corrected chi connectivity index (χ4v) is 21.3. The lowest BCUT2D eigenvalue weighted by atomic mass is 9.61. The minimum absolute atomic E-state index is 0.575. The number of nitrogens with zero attached hydrogens (tertiary/aromatic N) is 1. The summed E-state index contributed by atoms with van der Waals surface area (Å²) in [5, 5.41) is 1.91. The number of ether oxygens (including phenoxy) is 2. The molecule has 0 aromatic rings. The molecule has 3 aliphatic heterocycles. The molecule has 16 unspecified atom stereocenters. The Balaban J connectivity index is 0.767. The van der Waals surface area contributed by atoms with Crippen molar-refractivity contribution in [1.29, 1.82) is 0 Å². The van der Waals surface area contributed by atoms with Crippen LogP contribution >= 0.6 is 11.8 Å². The number of hydrogen-bond acceptors (Lipinski definition) is 4. The molecule has 0 spiro atoms. The monoisotopic (exact) mass is 786 g/mol. The van der Waals surface area contributed by atoms with Crippen LogP contribution in [0.2, 0.25) is 0 Å². The highest BCUT2D eigenvalue weighted by Gasteiger charge is 2.61. The van der Waals surface area contributed by atoms with Gasteiger partial charge in [-0.05, 0) is 188 Å². The second-order valence-corrected chi connectivity index (χ2v) is 24.9. The maximum Gasteiger partial charge on any atom is 0.0652 e. The highest BCUT2D eigenvalue weighted by Crippen LogP contribution is 2.62. The van der Waals surface area contributed by atoms with Crippen LogP contribution in [0.15, 0.2) is 0 Å². The molecule has 0 amide bonds. The molecule has 0 aromatic carbocycles. The average molecular weight is 786 g/mol. The van der Waals surface area contributed by atoms with Gasteiger partial charge in [0.25, 0.3) is 0 Å². The highest BCUT2D eigenvalue weighted by atomic mass is 32.2. The lowest BCUT2D eigenvalue weighted by Crippen LogP contribution is -2.58. The summed E-state index contributed by atoms with van der Waals surface area (Å²) in [4.78, 5) is 3.39. The topological polar surface area (TPSA) is 21.7 Å². The van der Waals surface area contributed by atoms with Crippen molar-refractivity contribution in [2.45, 2.75) is 252 Å². The van der Waals surface area contributed by atoms with E-state index in [1.165, 1.54) is 173 Å². The summed E-state index contributed by atoms with van der Waals surface area (Å²) < 4.78 is 15.0. The Labute approximate surface area is 347 Å². The maximum atomic E-state index is 7.62. The van der Waals surface area contributed by atoms with Gasteiger partial charge in [-0.2, -0.15) is 11.8 Å². The van der Waals surface area contributed by atoms with Crippen molar-refractivity contribution in [3.63, 3.8) is 0 Å². The minimum atomic E-state index is 0.575. The first-order valence-corrected chi connectivity index (χ1v) is 27.4. The maximum absolute atomic E-state index is 7.62. The van der Waals surface area contributed by atoms with Gasteiger partial charge in [-0.25, -0.2) is 0 Å². The Hall–Kier alpha value is 0.230. The summed E-state index contributed by atoms with van der Waals surface area (Å²) in [5.74, 6) is 11.2. The van der Waals surface area contributed by atoms with Crippen molar-refractivity contribution in [3.8, 4) is 0 Å². The standard InChI is InChI=1S/C52H83NO2S/c1-2-10-32(11-3-1)33-20-25-36(26-21-33)53(44-17-9-18-45-48(44)43-29-24-34-12-4-5-13-38(34)51(43)54-45)37-27-22-35(23-28-37)39-15-8-16-40-41-30-31-47-49(52(41)55-50(39)40)42-14-6-7-19-46(42)56-47/h32-52H,1-31H2. The zero-order chi connectivity index (χ0) is 36.7. The van der Waals surface area contributed by atoms with Crippen LogP contribution in [0.4, 0.5) is 0 Å². The van der Waals surface area contributed by atoms with Crippen LogP contribution in [-0.2, 0) is 9.47 Å². The summed E-state index contributed by atoms with van der Waals surface area (Å²) in [5.41, 5.74) is 0. The number of rotatable bonds is 5. The first-order valence-electron chi connectivity index (χ1n) is 26.5. The van der Waals surface area contributed by atoms with Crippen molar-refractivity contribution < 1.29 is 9.47 Å². The van der Waals surface area contributed by atoms with E-state index in [1.54, 1.807) is 25.7 Å². The van der Waals surface area contributed by atoms with Gasteiger partial charge in [0.15, 0.2) is 0 Å². The Morgan fingerprint density at radius 1 is 0.321 bits per heavy atom. The molecule has 3 heterocycles. The normalized spacial score (nSPS) is 54.6. The number of hydrogen-bond donors (Lipinski definition) is 0. The first-order chi connectivity index (χ1) is 27.8. The van der Waals surface area contributed by atoms with Crippen LogP contribution in [-0.4, -0.2) is 57.9 Å². The van der Waals surface area contributed by atoms with Gasteiger partial charge in [0, 0.05) is 40.5 Å². The fraction of sp³-hybridized carbons (Fsp3) is 1.00. The zero-order valence-corrected chi connectivity index (χ0v) is 36.5. The van der Waals surface area contributed by atoms with Gasteiger partial charge in [0.2, 0.25) is 0 Å². The Morgan fingerprint density at radius 2 is 0.875 bits per heavy atom. The van der Waals surface area contributed by atoms with E-state index in [0.29, 0.717) is 24.4 Å². The van der Waals surface area contributed by atoms with Crippen LogP contribution < -0.4 is 0 Å². The molecule has 12 rings (SSSR count). The van der Waals surface area contributed by atoms with Crippen LogP contribution in [0, 0.1) is 71.0 Å². The molecular weight excluding hydrogens is 703 g/mol. The van der Waals surface area contributed by atoms with E-state index >= 15 is 0 Å². The van der Waals surface area contributed by atoms with Crippen molar-refractivity contribution in [1.82, 2.24) is 4.90 Å².